The molecule has 2 nitrogen and oxygen atoms in total. The van der Waals surface area contributed by atoms with E-state index in [0.29, 0.717) is 0 Å². The Bertz CT molecular complexity index is 222. The third-order valence-electron chi connectivity index (χ3n) is 1.18. The Morgan fingerprint density at radius 1 is 1.70 bits per heavy atom. The first-order valence-corrected chi connectivity index (χ1v) is 4.71. The van der Waals surface area contributed by atoms with Gasteiger partial charge in [-0.1, -0.05) is 6.92 Å². The van der Waals surface area contributed by atoms with Crippen molar-refractivity contribution in [2.45, 2.75) is 13.3 Å². The van der Waals surface area contributed by atoms with Gasteiger partial charge < -0.3 is 5.32 Å². The second kappa shape index (κ2) is 3.34. The van der Waals surface area contributed by atoms with Crippen molar-refractivity contribution in [1.29, 1.82) is 0 Å². The van der Waals surface area contributed by atoms with E-state index in [1.807, 2.05) is 7.05 Å². The third kappa shape index (κ3) is 1.49. The second-order valence-electron chi connectivity index (χ2n) is 1.84. The zero-order valence-electron chi connectivity index (χ0n) is 5.94. The summed E-state index contributed by atoms with van der Waals surface area (Å²) in [4.78, 5) is 5.52. The van der Waals surface area contributed by atoms with E-state index in [1.165, 1.54) is 4.88 Å². The van der Waals surface area contributed by atoms with Gasteiger partial charge in [-0.25, -0.2) is 4.98 Å². The van der Waals surface area contributed by atoms with Gasteiger partial charge in [0.2, 0.25) is 0 Å². The van der Waals surface area contributed by atoms with Crippen LogP contribution in [-0.4, -0.2) is 12.0 Å². The molecule has 1 rings (SSSR count). The molecule has 56 valence electrons. The predicted molar refractivity (Wildman–Crippen MR) is 48.7 cm³/mol. The van der Waals surface area contributed by atoms with Gasteiger partial charge in [0.25, 0.3) is 0 Å². The van der Waals surface area contributed by atoms with Crippen LogP contribution in [0.1, 0.15) is 11.8 Å². The number of nitrogens with zero attached hydrogens (tertiary/aromatic N) is 1. The minimum Gasteiger partial charge on any atom is -0.365 e. The van der Waals surface area contributed by atoms with E-state index in [4.69, 9.17) is 0 Å². The van der Waals surface area contributed by atoms with E-state index in [-0.39, 0.29) is 0 Å². The summed E-state index contributed by atoms with van der Waals surface area (Å²) in [5.74, 6) is 0. The number of rotatable bonds is 2. The summed E-state index contributed by atoms with van der Waals surface area (Å²) in [6, 6.07) is 0. The van der Waals surface area contributed by atoms with E-state index in [2.05, 4.69) is 33.2 Å². The number of halogens is 1. The van der Waals surface area contributed by atoms with Gasteiger partial charge in [-0.3, -0.25) is 0 Å². The van der Waals surface area contributed by atoms with Gasteiger partial charge in [-0.15, -0.1) is 11.3 Å². The summed E-state index contributed by atoms with van der Waals surface area (Å²) in [7, 11) is 1.88. The Kier molecular flexibility index (Phi) is 2.68. The van der Waals surface area contributed by atoms with Crippen molar-refractivity contribution < 1.29 is 0 Å². The van der Waals surface area contributed by atoms with Crippen molar-refractivity contribution in [3.8, 4) is 0 Å². The molecule has 0 saturated heterocycles. The number of hydrogen-bond donors (Lipinski definition) is 1. The summed E-state index contributed by atoms with van der Waals surface area (Å²) in [6.07, 6.45) is 1.04. The van der Waals surface area contributed by atoms with E-state index in [1.54, 1.807) is 11.3 Å². The van der Waals surface area contributed by atoms with Gasteiger partial charge in [0.15, 0.2) is 5.13 Å². The zero-order valence-corrected chi connectivity index (χ0v) is 8.34. The van der Waals surface area contributed by atoms with Crippen molar-refractivity contribution in [1.82, 2.24) is 4.98 Å². The molecule has 10 heavy (non-hydrogen) atoms. The maximum absolute atomic E-state index is 4.22. The molecule has 1 N–H and O–H groups in total. The first kappa shape index (κ1) is 8.01. The third-order valence-corrected chi connectivity index (χ3v) is 3.32. The van der Waals surface area contributed by atoms with Gasteiger partial charge in [0.1, 0.15) is 4.60 Å². The minimum absolute atomic E-state index is 0.976. The fraction of sp³-hybridized carbons (Fsp3) is 0.500. The summed E-state index contributed by atoms with van der Waals surface area (Å²) in [5, 5.41) is 3.98. The number of hydrogen-bond acceptors (Lipinski definition) is 3. The van der Waals surface area contributed by atoms with Crippen LogP contribution in [-0.2, 0) is 6.42 Å². The summed E-state index contributed by atoms with van der Waals surface area (Å²) in [5.41, 5.74) is 0. The molecule has 0 fully saturated rings. The van der Waals surface area contributed by atoms with Crippen LogP contribution in [0.4, 0.5) is 5.13 Å². The van der Waals surface area contributed by atoms with E-state index >= 15 is 0 Å². The normalized spacial score (nSPS) is 9.90. The van der Waals surface area contributed by atoms with Crippen LogP contribution in [0.3, 0.4) is 0 Å². The molecule has 4 heteroatoms. The highest BCUT2D eigenvalue weighted by Crippen LogP contribution is 2.26. The first-order valence-electron chi connectivity index (χ1n) is 3.11. The summed E-state index contributed by atoms with van der Waals surface area (Å²) >= 11 is 5.07. The van der Waals surface area contributed by atoms with E-state index in [9.17, 15) is 0 Å². The lowest BCUT2D eigenvalue weighted by atomic mass is 10.4. The van der Waals surface area contributed by atoms with Crippen LogP contribution in [0.25, 0.3) is 0 Å². The number of aryl methyl sites for hydroxylation is 1. The van der Waals surface area contributed by atoms with Crippen molar-refractivity contribution in [3.05, 3.63) is 9.48 Å². The molecular weight excluding hydrogens is 212 g/mol. The average molecular weight is 221 g/mol. The van der Waals surface area contributed by atoms with Crippen LogP contribution in [0.2, 0.25) is 0 Å². The monoisotopic (exact) mass is 220 g/mol. The van der Waals surface area contributed by atoms with Crippen molar-refractivity contribution >= 4 is 32.4 Å². The smallest absolute Gasteiger partial charge is 0.183 e. The molecule has 0 unspecified atom stereocenters. The molecule has 1 aromatic rings. The molecular formula is C6H9BrN2S. The van der Waals surface area contributed by atoms with Crippen molar-refractivity contribution in [2.75, 3.05) is 12.4 Å². The van der Waals surface area contributed by atoms with Crippen LogP contribution in [0.15, 0.2) is 4.60 Å². The molecule has 0 aliphatic carbocycles. The second-order valence-corrected chi connectivity index (χ2v) is 3.67. The molecule has 0 aliphatic rings. The SMILES string of the molecule is CCc1sc(NC)nc1Br. The maximum Gasteiger partial charge on any atom is 0.183 e. The lowest BCUT2D eigenvalue weighted by Gasteiger charge is -1.85. The zero-order chi connectivity index (χ0) is 7.56. The van der Waals surface area contributed by atoms with E-state index in [0.717, 1.165) is 16.2 Å². The molecule has 1 aromatic heterocycles. The van der Waals surface area contributed by atoms with Crippen LogP contribution < -0.4 is 5.32 Å². The summed E-state index contributed by atoms with van der Waals surface area (Å²) < 4.78 is 0.976. The van der Waals surface area contributed by atoms with Crippen LogP contribution in [0, 0.1) is 0 Å². The quantitative estimate of drug-likeness (QED) is 0.829. The topological polar surface area (TPSA) is 24.9 Å². The maximum atomic E-state index is 4.22. The van der Waals surface area contributed by atoms with E-state index < -0.39 is 0 Å². The van der Waals surface area contributed by atoms with Gasteiger partial charge in [0, 0.05) is 11.9 Å². The highest BCUT2D eigenvalue weighted by atomic mass is 79.9. The number of anilines is 1. The molecule has 0 bridgehead atoms. The predicted octanol–water partition coefficient (Wildman–Crippen LogP) is 2.51. The minimum atomic E-state index is 0.976. The van der Waals surface area contributed by atoms with Crippen LogP contribution in [0.5, 0.6) is 0 Å². The Labute approximate surface area is 72.8 Å². The Balaban J connectivity index is 2.92. The van der Waals surface area contributed by atoms with Gasteiger partial charge >= 0.3 is 0 Å². The molecule has 0 atom stereocenters. The molecule has 1 heterocycles. The highest BCUT2D eigenvalue weighted by Gasteiger charge is 2.03. The largest absolute Gasteiger partial charge is 0.365 e. The molecule has 0 amide bonds. The molecule has 0 spiro atoms. The summed E-state index contributed by atoms with van der Waals surface area (Å²) in [6.45, 7) is 2.12. The van der Waals surface area contributed by atoms with Gasteiger partial charge in [0.05, 0.1) is 0 Å². The van der Waals surface area contributed by atoms with Gasteiger partial charge in [-0.05, 0) is 22.4 Å². The van der Waals surface area contributed by atoms with Crippen LogP contribution >= 0.6 is 27.3 Å². The van der Waals surface area contributed by atoms with Crippen molar-refractivity contribution in [2.24, 2.45) is 0 Å². The highest BCUT2D eigenvalue weighted by molar-refractivity contribution is 9.10. The molecule has 0 radical (unpaired) electrons. The first-order chi connectivity index (χ1) is 4.77. The molecule has 0 aliphatic heterocycles. The van der Waals surface area contributed by atoms with Gasteiger partial charge in [-0.2, -0.15) is 0 Å². The fourth-order valence-corrected chi connectivity index (χ4v) is 2.22. The Morgan fingerprint density at radius 2 is 2.40 bits per heavy atom. The molecule has 0 saturated carbocycles. The number of aromatic nitrogens is 1. The lowest BCUT2D eigenvalue weighted by Crippen LogP contribution is -1.83. The Hall–Kier alpha value is -0.0900. The fourth-order valence-electron chi connectivity index (χ4n) is 0.658. The number of nitrogens with one attached hydrogen (secondary N) is 1. The lowest BCUT2D eigenvalue weighted by molar-refractivity contribution is 1.15. The Morgan fingerprint density at radius 3 is 2.70 bits per heavy atom. The average Bonchev–Trinajstić information content (AvgIpc) is 2.30. The standard InChI is InChI=1S/C6H9BrN2S/c1-3-4-5(7)9-6(8-2)10-4/h3H2,1-2H3,(H,8,9). The number of thiazole rings is 1. The van der Waals surface area contributed by atoms with Crippen molar-refractivity contribution in [3.63, 3.8) is 0 Å². The molecule has 0 aromatic carbocycles.